The smallest absolute Gasteiger partial charge is 0.258 e. The standard InChI is InChI=1S/C18H20N2O/c1-13-7-8-14(2)16(11-13)18(21)20-10-9-19-12-15-5-3-4-6-17(15)20/h3-8,11,19H,9-10,12H2,1-2H3. The third-order valence-electron chi connectivity index (χ3n) is 3.98. The van der Waals surface area contributed by atoms with E-state index in [4.69, 9.17) is 0 Å². The minimum Gasteiger partial charge on any atom is -0.311 e. The van der Waals surface area contributed by atoms with Crippen molar-refractivity contribution >= 4 is 11.6 Å². The predicted molar refractivity (Wildman–Crippen MR) is 85.7 cm³/mol. The molecule has 1 amide bonds. The lowest BCUT2D eigenvalue weighted by molar-refractivity contribution is 0.0987. The van der Waals surface area contributed by atoms with E-state index >= 15 is 0 Å². The Kier molecular flexibility index (Phi) is 3.76. The molecule has 0 radical (unpaired) electrons. The van der Waals surface area contributed by atoms with E-state index in [0.717, 1.165) is 35.5 Å². The van der Waals surface area contributed by atoms with Crippen molar-refractivity contribution in [2.24, 2.45) is 0 Å². The van der Waals surface area contributed by atoms with Gasteiger partial charge in [0, 0.05) is 30.9 Å². The normalized spacial score (nSPS) is 14.5. The van der Waals surface area contributed by atoms with Crippen LogP contribution < -0.4 is 10.2 Å². The van der Waals surface area contributed by atoms with E-state index in [0.29, 0.717) is 6.54 Å². The predicted octanol–water partition coefficient (Wildman–Crippen LogP) is 3.05. The summed E-state index contributed by atoms with van der Waals surface area (Å²) in [4.78, 5) is 14.9. The quantitative estimate of drug-likeness (QED) is 0.870. The fourth-order valence-corrected chi connectivity index (χ4v) is 2.78. The molecule has 3 heteroatoms. The van der Waals surface area contributed by atoms with E-state index in [1.807, 2.05) is 55.1 Å². The molecule has 1 aliphatic heterocycles. The third-order valence-corrected chi connectivity index (χ3v) is 3.98. The maximum atomic E-state index is 13.0. The number of carbonyl (C=O) groups is 1. The van der Waals surface area contributed by atoms with Crippen LogP contribution in [0.25, 0.3) is 0 Å². The number of aryl methyl sites for hydroxylation is 2. The number of carbonyl (C=O) groups excluding carboxylic acids is 1. The Morgan fingerprint density at radius 3 is 2.81 bits per heavy atom. The Hall–Kier alpha value is -2.13. The van der Waals surface area contributed by atoms with Crippen molar-refractivity contribution in [3.8, 4) is 0 Å². The molecule has 3 nitrogen and oxygen atoms in total. The number of benzene rings is 2. The van der Waals surface area contributed by atoms with Crippen LogP contribution in [0.2, 0.25) is 0 Å². The third kappa shape index (κ3) is 2.69. The lowest BCUT2D eigenvalue weighted by Crippen LogP contribution is -2.35. The number of amides is 1. The van der Waals surface area contributed by atoms with Gasteiger partial charge in [0.25, 0.3) is 5.91 Å². The molecule has 0 aliphatic carbocycles. The Labute approximate surface area is 125 Å². The van der Waals surface area contributed by atoms with Gasteiger partial charge in [-0.25, -0.2) is 0 Å². The molecular weight excluding hydrogens is 260 g/mol. The fourth-order valence-electron chi connectivity index (χ4n) is 2.78. The van der Waals surface area contributed by atoms with Gasteiger partial charge >= 0.3 is 0 Å². The highest BCUT2D eigenvalue weighted by atomic mass is 16.2. The molecule has 108 valence electrons. The van der Waals surface area contributed by atoms with Crippen molar-refractivity contribution < 1.29 is 4.79 Å². The molecule has 0 atom stereocenters. The number of rotatable bonds is 1. The molecule has 1 N–H and O–H groups in total. The fraction of sp³-hybridized carbons (Fsp3) is 0.278. The van der Waals surface area contributed by atoms with Gasteiger partial charge in [0.1, 0.15) is 0 Å². The van der Waals surface area contributed by atoms with Gasteiger partial charge in [0.2, 0.25) is 0 Å². The highest BCUT2D eigenvalue weighted by Gasteiger charge is 2.22. The van der Waals surface area contributed by atoms with E-state index in [2.05, 4.69) is 11.4 Å². The molecular formula is C18H20N2O. The van der Waals surface area contributed by atoms with Crippen molar-refractivity contribution in [1.29, 1.82) is 0 Å². The van der Waals surface area contributed by atoms with Crippen LogP contribution in [-0.4, -0.2) is 19.0 Å². The number of para-hydroxylation sites is 1. The van der Waals surface area contributed by atoms with E-state index in [1.54, 1.807) is 0 Å². The molecule has 1 aliphatic rings. The maximum absolute atomic E-state index is 13.0. The topological polar surface area (TPSA) is 32.3 Å². The number of hydrogen-bond donors (Lipinski definition) is 1. The van der Waals surface area contributed by atoms with Crippen LogP contribution in [0.5, 0.6) is 0 Å². The summed E-state index contributed by atoms with van der Waals surface area (Å²) in [5, 5.41) is 3.37. The number of anilines is 1. The summed E-state index contributed by atoms with van der Waals surface area (Å²) < 4.78 is 0. The van der Waals surface area contributed by atoms with Gasteiger partial charge in [-0.3, -0.25) is 4.79 Å². The van der Waals surface area contributed by atoms with Gasteiger partial charge < -0.3 is 10.2 Å². The first-order valence-electron chi connectivity index (χ1n) is 7.34. The van der Waals surface area contributed by atoms with Crippen molar-refractivity contribution in [1.82, 2.24) is 5.32 Å². The average molecular weight is 280 g/mol. The van der Waals surface area contributed by atoms with Crippen LogP contribution in [-0.2, 0) is 6.54 Å². The number of nitrogens with zero attached hydrogens (tertiary/aromatic N) is 1. The summed E-state index contributed by atoms with van der Waals surface area (Å²) in [7, 11) is 0. The molecule has 2 aromatic carbocycles. The zero-order chi connectivity index (χ0) is 14.8. The average Bonchev–Trinajstić information content (AvgIpc) is 2.71. The first-order chi connectivity index (χ1) is 10.2. The first-order valence-corrected chi connectivity index (χ1v) is 7.34. The molecule has 0 spiro atoms. The van der Waals surface area contributed by atoms with Crippen LogP contribution in [0.15, 0.2) is 42.5 Å². The highest BCUT2D eigenvalue weighted by Crippen LogP contribution is 2.25. The van der Waals surface area contributed by atoms with E-state index in [1.165, 1.54) is 5.56 Å². The summed E-state index contributed by atoms with van der Waals surface area (Å²) in [6.07, 6.45) is 0. The van der Waals surface area contributed by atoms with Gasteiger partial charge in [0.15, 0.2) is 0 Å². The van der Waals surface area contributed by atoms with Crippen LogP contribution in [0, 0.1) is 13.8 Å². The number of hydrogen-bond acceptors (Lipinski definition) is 2. The molecule has 0 unspecified atom stereocenters. The number of fused-ring (bicyclic) bond motifs is 1. The van der Waals surface area contributed by atoms with Crippen molar-refractivity contribution in [3.05, 3.63) is 64.7 Å². The Morgan fingerprint density at radius 2 is 1.95 bits per heavy atom. The minimum absolute atomic E-state index is 0.0901. The number of nitrogens with one attached hydrogen (secondary N) is 1. The summed E-state index contributed by atoms with van der Waals surface area (Å²) in [5.41, 5.74) is 5.14. The zero-order valence-corrected chi connectivity index (χ0v) is 12.5. The first kappa shape index (κ1) is 13.8. The van der Waals surface area contributed by atoms with Gasteiger partial charge in [0.05, 0.1) is 0 Å². The Bertz CT molecular complexity index is 679. The highest BCUT2D eigenvalue weighted by molar-refractivity contribution is 6.07. The lowest BCUT2D eigenvalue weighted by atomic mass is 10.0. The van der Waals surface area contributed by atoms with Gasteiger partial charge in [-0.05, 0) is 37.1 Å². The molecule has 0 aromatic heterocycles. The Balaban J connectivity index is 2.03. The lowest BCUT2D eigenvalue weighted by Gasteiger charge is -2.23. The monoisotopic (exact) mass is 280 g/mol. The minimum atomic E-state index is 0.0901. The maximum Gasteiger partial charge on any atom is 0.258 e. The van der Waals surface area contributed by atoms with Crippen LogP contribution in [0.4, 0.5) is 5.69 Å². The van der Waals surface area contributed by atoms with E-state index in [9.17, 15) is 4.79 Å². The van der Waals surface area contributed by atoms with E-state index in [-0.39, 0.29) is 5.91 Å². The summed E-state index contributed by atoms with van der Waals surface area (Å²) in [6, 6.07) is 14.2. The van der Waals surface area contributed by atoms with Crippen molar-refractivity contribution in [2.75, 3.05) is 18.0 Å². The molecule has 0 saturated heterocycles. The summed E-state index contributed by atoms with van der Waals surface area (Å²) in [6.45, 7) is 6.34. The van der Waals surface area contributed by atoms with Crippen LogP contribution >= 0.6 is 0 Å². The molecule has 2 aromatic rings. The Morgan fingerprint density at radius 1 is 1.14 bits per heavy atom. The second kappa shape index (κ2) is 5.70. The SMILES string of the molecule is Cc1ccc(C)c(C(=O)N2CCNCc3ccccc32)c1. The zero-order valence-electron chi connectivity index (χ0n) is 12.5. The summed E-state index contributed by atoms with van der Waals surface area (Å²) in [5.74, 6) is 0.0901. The molecule has 1 heterocycles. The second-order valence-corrected chi connectivity index (χ2v) is 5.58. The van der Waals surface area contributed by atoms with Crippen LogP contribution in [0.1, 0.15) is 27.0 Å². The van der Waals surface area contributed by atoms with E-state index < -0.39 is 0 Å². The van der Waals surface area contributed by atoms with Crippen molar-refractivity contribution in [3.63, 3.8) is 0 Å². The summed E-state index contributed by atoms with van der Waals surface area (Å²) >= 11 is 0. The van der Waals surface area contributed by atoms with Gasteiger partial charge in [-0.15, -0.1) is 0 Å². The second-order valence-electron chi connectivity index (χ2n) is 5.58. The van der Waals surface area contributed by atoms with Gasteiger partial charge in [-0.1, -0.05) is 35.9 Å². The molecule has 0 fully saturated rings. The molecule has 0 bridgehead atoms. The molecule has 0 saturated carbocycles. The molecule has 21 heavy (non-hydrogen) atoms. The largest absolute Gasteiger partial charge is 0.311 e. The molecule has 3 rings (SSSR count). The van der Waals surface area contributed by atoms with Crippen molar-refractivity contribution in [2.45, 2.75) is 20.4 Å². The van der Waals surface area contributed by atoms with Crippen LogP contribution in [0.3, 0.4) is 0 Å². The van der Waals surface area contributed by atoms with Gasteiger partial charge in [-0.2, -0.15) is 0 Å².